The SMILES string of the molecule is COc1ccc(CCN2CC(=O)N3CSCC3C2=O)cc1. The molecule has 0 radical (unpaired) electrons. The molecule has 6 heteroatoms. The summed E-state index contributed by atoms with van der Waals surface area (Å²) in [4.78, 5) is 27.8. The second-order valence-electron chi connectivity index (χ2n) is 5.24. The van der Waals surface area contributed by atoms with Crippen molar-refractivity contribution >= 4 is 23.6 Å². The highest BCUT2D eigenvalue weighted by Crippen LogP contribution is 2.26. The molecule has 0 N–H and O–H groups in total. The molecule has 2 heterocycles. The highest BCUT2D eigenvalue weighted by molar-refractivity contribution is 7.99. The minimum atomic E-state index is -0.243. The summed E-state index contributed by atoms with van der Waals surface area (Å²) in [6.07, 6.45) is 0.753. The lowest BCUT2D eigenvalue weighted by atomic mass is 10.1. The van der Waals surface area contributed by atoms with Crippen molar-refractivity contribution in [2.45, 2.75) is 12.5 Å². The molecule has 112 valence electrons. The first-order chi connectivity index (χ1) is 10.2. The molecule has 21 heavy (non-hydrogen) atoms. The van der Waals surface area contributed by atoms with Crippen LogP contribution in [0.2, 0.25) is 0 Å². The number of hydrogen-bond acceptors (Lipinski definition) is 4. The molecule has 1 aromatic rings. The Hall–Kier alpha value is -1.69. The van der Waals surface area contributed by atoms with Crippen molar-refractivity contribution in [3.8, 4) is 5.75 Å². The van der Waals surface area contributed by atoms with Gasteiger partial charge in [-0.2, -0.15) is 0 Å². The molecule has 0 saturated carbocycles. The summed E-state index contributed by atoms with van der Waals surface area (Å²) in [5, 5.41) is 0. The van der Waals surface area contributed by atoms with E-state index < -0.39 is 0 Å². The molecule has 0 bridgehead atoms. The summed E-state index contributed by atoms with van der Waals surface area (Å²) >= 11 is 1.65. The molecule has 3 rings (SSSR count). The summed E-state index contributed by atoms with van der Waals surface area (Å²) in [7, 11) is 1.64. The second-order valence-corrected chi connectivity index (χ2v) is 6.24. The fraction of sp³-hybridized carbons (Fsp3) is 0.467. The third-order valence-corrected chi connectivity index (χ3v) is 4.97. The van der Waals surface area contributed by atoms with E-state index in [2.05, 4.69) is 0 Å². The van der Waals surface area contributed by atoms with Gasteiger partial charge < -0.3 is 14.5 Å². The van der Waals surface area contributed by atoms with Gasteiger partial charge in [0, 0.05) is 12.3 Å². The molecule has 2 aliphatic rings. The molecule has 1 atom stereocenters. The van der Waals surface area contributed by atoms with E-state index >= 15 is 0 Å². The number of methoxy groups -OCH3 is 1. The Morgan fingerprint density at radius 1 is 1.29 bits per heavy atom. The molecule has 0 aliphatic carbocycles. The number of hydrogen-bond donors (Lipinski definition) is 0. The third kappa shape index (κ3) is 2.85. The number of fused-ring (bicyclic) bond motifs is 1. The molecule has 1 unspecified atom stereocenters. The van der Waals surface area contributed by atoms with Gasteiger partial charge in [-0.25, -0.2) is 0 Å². The minimum Gasteiger partial charge on any atom is -0.497 e. The highest BCUT2D eigenvalue weighted by Gasteiger charge is 2.41. The molecule has 2 aliphatic heterocycles. The Bertz CT molecular complexity index is 546. The van der Waals surface area contributed by atoms with E-state index in [1.54, 1.807) is 28.7 Å². The Morgan fingerprint density at radius 3 is 2.76 bits per heavy atom. The van der Waals surface area contributed by atoms with Crippen LogP contribution in [0.25, 0.3) is 0 Å². The van der Waals surface area contributed by atoms with Crippen LogP contribution in [0.5, 0.6) is 5.75 Å². The number of rotatable bonds is 4. The van der Waals surface area contributed by atoms with Gasteiger partial charge in [0.15, 0.2) is 0 Å². The number of nitrogens with zero attached hydrogens (tertiary/aromatic N) is 2. The van der Waals surface area contributed by atoms with Crippen LogP contribution in [0.1, 0.15) is 5.56 Å². The Morgan fingerprint density at radius 2 is 2.05 bits per heavy atom. The number of benzene rings is 1. The maximum Gasteiger partial charge on any atom is 0.246 e. The number of carbonyl (C=O) groups excluding carboxylic acids is 2. The maximum absolute atomic E-state index is 12.4. The first-order valence-corrected chi connectivity index (χ1v) is 8.13. The predicted octanol–water partition coefficient (Wildman–Crippen LogP) is 0.981. The molecule has 1 aromatic carbocycles. The molecule has 0 spiro atoms. The molecule has 2 amide bonds. The van der Waals surface area contributed by atoms with Gasteiger partial charge in [-0.3, -0.25) is 9.59 Å². The van der Waals surface area contributed by atoms with Crippen LogP contribution in [0.15, 0.2) is 24.3 Å². The summed E-state index contributed by atoms with van der Waals surface area (Å²) < 4.78 is 5.13. The molecule has 2 saturated heterocycles. The van der Waals surface area contributed by atoms with Gasteiger partial charge in [-0.05, 0) is 24.1 Å². The topological polar surface area (TPSA) is 49.9 Å². The van der Waals surface area contributed by atoms with E-state index in [4.69, 9.17) is 4.74 Å². The highest BCUT2D eigenvalue weighted by atomic mass is 32.2. The van der Waals surface area contributed by atoms with Crippen molar-refractivity contribution in [3.05, 3.63) is 29.8 Å². The van der Waals surface area contributed by atoms with Gasteiger partial charge in [-0.15, -0.1) is 11.8 Å². The first-order valence-electron chi connectivity index (χ1n) is 6.98. The predicted molar refractivity (Wildman–Crippen MR) is 81.2 cm³/mol. The maximum atomic E-state index is 12.4. The summed E-state index contributed by atoms with van der Waals surface area (Å²) in [6.45, 7) is 0.804. The summed E-state index contributed by atoms with van der Waals surface area (Å²) in [5.41, 5.74) is 1.14. The lowest BCUT2D eigenvalue weighted by Crippen LogP contribution is -2.58. The molecular weight excluding hydrogens is 288 g/mol. The summed E-state index contributed by atoms with van der Waals surface area (Å²) in [5.74, 6) is 2.36. The van der Waals surface area contributed by atoms with Crippen LogP contribution in [0.4, 0.5) is 0 Å². The molecule has 2 fully saturated rings. The van der Waals surface area contributed by atoms with Gasteiger partial charge in [0.05, 0.1) is 19.5 Å². The van der Waals surface area contributed by atoms with Gasteiger partial charge in [0.1, 0.15) is 11.8 Å². The van der Waals surface area contributed by atoms with Crippen molar-refractivity contribution in [1.82, 2.24) is 9.80 Å². The average Bonchev–Trinajstić information content (AvgIpc) is 3.00. The lowest BCUT2D eigenvalue weighted by Gasteiger charge is -2.35. The average molecular weight is 306 g/mol. The van der Waals surface area contributed by atoms with E-state index in [1.807, 2.05) is 24.3 Å². The third-order valence-electron chi connectivity index (χ3n) is 3.95. The van der Waals surface area contributed by atoms with Crippen LogP contribution in [-0.4, -0.2) is 59.5 Å². The zero-order chi connectivity index (χ0) is 14.8. The second kappa shape index (κ2) is 5.97. The number of piperazine rings is 1. The fourth-order valence-electron chi connectivity index (χ4n) is 2.68. The smallest absolute Gasteiger partial charge is 0.246 e. The van der Waals surface area contributed by atoms with Crippen LogP contribution in [0, 0.1) is 0 Å². The van der Waals surface area contributed by atoms with Crippen molar-refractivity contribution in [3.63, 3.8) is 0 Å². The zero-order valence-electron chi connectivity index (χ0n) is 11.9. The van der Waals surface area contributed by atoms with E-state index in [9.17, 15) is 9.59 Å². The van der Waals surface area contributed by atoms with Gasteiger partial charge >= 0.3 is 0 Å². The van der Waals surface area contributed by atoms with Crippen LogP contribution < -0.4 is 4.74 Å². The van der Waals surface area contributed by atoms with Crippen molar-refractivity contribution in [2.24, 2.45) is 0 Å². The monoisotopic (exact) mass is 306 g/mol. The number of thioether (sulfide) groups is 1. The molecule has 5 nitrogen and oxygen atoms in total. The number of carbonyl (C=O) groups is 2. The van der Waals surface area contributed by atoms with Gasteiger partial charge in [-0.1, -0.05) is 12.1 Å². The quantitative estimate of drug-likeness (QED) is 0.832. The van der Waals surface area contributed by atoms with Gasteiger partial charge in [0.2, 0.25) is 11.8 Å². The van der Waals surface area contributed by atoms with Crippen LogP contribution in [-0.2, 0) is 16.0 Å². The summed E-state index contributed by atoms with van der Waals surface area (Å²) in [6, 6.07) is 7.56. The van der Waals surface area contributed by atoms with Crippen molar-refractivity contribution in [1.29, 1.82) is 0 Å². The van der Waals surface area contributed by atoms with E-state index in [0.29, 0.717) is 12.4 Å². The van der Waals surface area contributed by atoms with Crippen LogP contribution >= 0.6 is 11.8 Å². The Labute approximate surface area is 128 Å². The van der Waals surface area contributed by atoms with Crippen LogP contribution in [0.3, 0.4) is 0 Å². The van der Waals surface area contributed by atoms with Crippen molar-refractivity contribution < 1.29 is 14.3 Å². The first kappa shape index (κ1) is 14.3. The minimum absolute atomic E-state index is 0.0688. The standard InChI is InChI=1S/C15H18N2O3S/c1-20-12-4-2-11(3-5-12)6-7-16-8-14(18)17-10-21-9-13(17)15(16)19/h2-5,13H,6-10H2,1H3. The van der Waals surface area contributed by atoms with Crippen molar-refractivity contribution in [2.75, 3.05) is 31.8 Å². The van der Waals surface area contributed by atoms with E-state index in [1.165, 1.54) is 0 Å². The zero-order valence-corrected chi connectivity index (χ0v) is 12.8. The Kier molecular flexibility index (Phi) is 4.05. The fourth-order valence-corrected chi connectivity index (χ4v) is 3.85. The van der Waals surface area contributed by atoms with E-state index in [-0.39, 0.29) is 24.4 Å². The lowest BCUT2D eigenvalue weighted by molar-refractivity contribution is -0.153. The Balaban J connectivity index is 1.61. The van der Waals surface area contributed by atoms with Gasteiger partial charge in [0.25, 0.3) is 0 Å². The molecule has 0 aromatic heterocycles. The number of ether oxygens (including phenoxy) is 1. The number of amides is 2. The molecular formula is C15H18N2O3S. The normalized spacial score (nSPS) is 21.7. The largest absolute Gasteiger partial charge is 0.497 e. The van der Waals surface area contributed by atoms with E-state index in [0.717, 1.165) is 23.5 Å².